The number of para-hydroxylation sites is 1. The highest BCUT2D eigenvalue weighted by molar-refractivity contribution is 5.95. The van der Waals surface area contributed by atoms with Gasteiger partial charge in [0.15, 0.2) is 6.61 Å². The van der Waals surface area contributed by atoms with Gasteiger partial charge in [-0.05, 0) is 30.7 Å². The maximum atomic E-state index is 12.7. The summed E-state index contributed by atoms with van der Waals surface area (Å²) in [5.74, 6) is 0.631. The number of hydrogen-bond acceptors (Lipinski definition) is 4. The summed E-state index contributed by atoms with van der Waals surface area (Å²) in [5.41, 5.74) is 6.96. The highest BCUT2D eigenvalue weighted by atomic mass is 35.5. The Bertz CT molecular complexity index is 877. The fourth-order valence-corrected chi connectivity index (χ4v) is 4.64. The summed E-state index contributed by atoms with van der Waals surface area (Å²) in [5, 5.41) is 0. The topological polar surface area (TPSA) is 75.9 Å². The molecule has 0 aromatic heterocycles. The Kier molecular flexibility index (Phi) is 6.45. The first-order chi connectivity index (χ1) is 13.5. The minimum atomic E-state index is -0.563. The van der Waals surface area contributed by atoms with Crippen LogP contribution in [0.3, 0.4) is 0 Å². The van der Waals surface area contributed by atoms with E-state index in [1.165, 1.54) is 5.56 Å². The van der Waals surface area contributed by atoms with Crippen molar-refractivity contribution in [1.82, 2.24) is 9.80 Å². The van der Waals surface area contributed by atoms with Crippen molar-refractivity contribution in [2.45, 2.75) is 6.04 Å². The first kappa shape index (κ1) is 21.1. The highest BCUT2D eigenvalue weighted by Gasteiger charge is 2.47. The van der Waals surface area contributed by atoms with Gasteiger partial charge in [0.1, 0.15) is 5.75 Å². The van der Waals surface area contributed by atoms with E-state index >= 15 is 0 Å². The smallest absolute Gasteiger partial charge is 0.260 e. The standard InChI is InChI=1S/C22H25N3O3.ClH/c1-24-11-16-12-25(13-18(16)21(24)15-7-3-2-4-8-15)20(26)14-28-19-10-6-5-9-17(19)22(23)27;/h2-10,16,18,21H,11-14H2,1H3,(H2,23,27);1H/t16-,18+,21-;/m0./s1. The molecule has 2 heterocycles. The number of nitrogens with zero attached hydrogens (tertiary/aromatic N) is 2. The van der Waals surface area contributed by atoms with E-state index in [1.807, 2.05) is 11.0 Å². The van der Waals surface area contributed by atoms with Crippen LogP contribution in [0.25, 0.3) is 0 Å². The van der Waals surface area contributed by atoms with Crippen LogP contribution >= 0.6 is 12.4 Å². The molecule has 2 aromatic carbocycles. The molecule has 29 heavy (non-hydrogen) atoms. The zero-order valence-electron chi connectivity index (χ0n) is 16.4. The molecule has 3 atom stereocenters. The van der Waals surface area contributed by atoms with Crippen molar-refractivity contribution >= 4 is 24.2 Å². The second-order valence-corrected chi connectivity index (χ2v) is 7.67. The van der Waals surface area contributed by atoms with Gasteiger partial charge in [-0.3, -0.25) is 14.5 Å². The zero-order chi connectivity index (χ0) is 19.7. The summed E-state index contributed by atoms with van der Waals surface area (Å²) in [4.78, 5) is 28.5. The van der Waals surface area contributed by atoms with Gasteiger partial charge in [-0.1, -0.05) is 42.5 Å². The Balaban J connectivity index is 0.00000240. The van der Waals surface area contributed by atoms with Crippen molar-refractivity contribution in [3.8, 4) is 5.75 Å². The van der Waals surface area contributed by atoms with Crippen molar-refractivity contribution in [2.75, 3.05) is 33.3 Å². The van der Waals surface area contributed by atoms with E-state index in [4.69, 9.17) is 10.5 Å². The number of rotatable bonds is 5. The van der Waals surface area contributed by atoms with Crippen LogP contribution in [0.1, 0.15) is 22.0 Å². The van der Waals surface area contributed by atoms with Crippen molar-refractivity contribution in [3.63, 3.8) is 0 Å². The molecule has 2 aliphatic heterocycles. The predicted molar refractivity (Wildman–Crippen MR) is 113 cm³/mol. The molecule has 0 aliphatic carbocycles. The van der Waals surface area contributed by atoms with Crippen molar-refractivity contribution in [2.24, 2.45) is 17.6 Å². The number of carbonyl (C=O) groups excluding carboxylic acids is 2. The maximum Gasteiger partial charge on any atom is 0.260 e. The molecule has 2 aliphatic rings. The second-order valence-electron chi connectivity index (χ2n) is 7.67. The van der Waals surface area contributed by atoms with Gasteiger partial charge in [0.05, 0.1) is 5.56 Å². The third-order valence-corrected chi connectivity index (χ3v) is 5.89. The van der Waals surface area contributed by atoms with Crippen LogP contribution in [0.15, 0.2) is 54.6 Å². The fraction of sp³-hybridized carbons (Fsp3) is 0.364. The third-order valence-electron chi connectivity index (χ3n) is 5.89. The molecule has 0 spiro atoms. The molecule has 4 rings (SSSR count). The summed E-state index contributed by atoms with van der Waals surface area (Å²) in [6.07, 6.45) is 0. The molecule has 2 N–H and O–H groups in total. The molecular weight excluding hydrogens is 390 g/mol. The van der Waals surface area contributed by atoms with Crippen LogP contribution in [-0.2, 0) is 4.79 Å². The summed E-state index contributed by atoms with van der Waals surface area (Å²) in [6.45, 7) is 2.38. The van der Waals surface area contributed by atoms with E-state index in [2.05, 4.69) is 36.2 Å². The Morgan fingerprint density at radius 3 is 2.45 bits per heavy atom. The number of fused-ring (bicyclic) bond motifs is 1. The van der Waals surface area contributed by atoms with Crippen LogP contribution < -0.4 is 10.5 Å². The second kappa shape index (κ2) is 8.84. The molecule has 0 radical (unpaired) electrons. The molecule has 7 heteroatoms. The number of carbonyl (C=O) groups is 2. The van der Waals surface area contributed by atoms with Gasteiger partial charge >= 0.3 is 0 Å². The largest absolute Gasteiger partial charge is 0.483 e. The van der Waals surface area contributed by atoms with Crippen molar-refractivity contribution in [1.29, 1.82) is 0 Å². The highest BCUT2D eigenvalue weighted by Crippen LogP contribution is 2.43. The number of ether oxygens (including phenoxy) is 1. The van der Waals surface area contributed by atoms with E-state index in [-0.39, 0.29) is 24.9 Å². The van der Waals surface area contributed by atoms with E-state index in [0.717, 1.165) is 19.6 Å². The summed E-state index contributed by atoms with van der Waals surface area (Å²) in [7, 11) is 2.16. The number of nitrogens with two attached hydrogens (primary N) is 1. The van der Waals surface area contributed by atoms with Gasteiger partial charge < -0.3 is 15.4 Å². The summed E-state index contributed by atoms with van der Waals surface area (Å²) < 4.78 is 5.62. The lowest BCUT2D eigenvalue weighted by Crippen LogP contribution is -2.36. The van der Waals surface area contributed by atoms with Gasteiger partial charge in [-0.15, -0.1) is 12.4 Å². The van der Waals surface area contributed by atoms with Crippen LogP contribution in [0.5, 0.6) is 5.75 Å². The molecule has 2 amide bonds. The Morgan fingerprint density at radius 2 is 1.72 bits per heavy atom. The average Bonchev–Trinajstić information content (AvgIpc) is 3.23. The first-order valence-corrected chi connectivity index (χ1v) is 9.59. The number of benzene rings is 2. The number of primary amides is 1. The average molecular weight is 416 g/mol. The maximum absolute atomic E-state index is 12.7. The SMILES string of the molecule is CN1C[C@H]2CN(C(=O)COc3ccccc3C(N)=O)C[C@H]2[C@@H]1c1ccccc1.Cl. The van der Waals surface area contributed by atoms with Gasteiger partial charge in [-0.25, -0.2) is 0 Å². The normalized spacial score (nSPS) is 23.3. The molecular formula is C22H26ClN3O3. The van der Waals surface area contributed by atoms with Crippen LogP contribution in [0.4, 0.5) is 0 Å². The Labute approximate surface area is 177 Å². The first-order valence-electron chi connectivity index (χ1n) is 9.59. The van der Waals surface area contributed by atoms with Crippen LogP contribution in [0, 0.1) is 11.8 Å². The lowest BCUT2D eigenvalue weighted by atomic mass is 9.90. The minimum Gasteiger partial charge on any atom is -0.483 e. The van der Waals surface area contributed by atoms with Gasteiger partial charge in [0.2, 0.25) is 0 Å². The van der Waals surface area contributed by atoms with Crippen LogP contribution in [0.2, 0.25) is 0 Å². The number of likely N-dealkylation sites (tertiary alicyclic amines) is 2. The molecule has 0 bridgehead atoms. The molecule has 2 aromatic rings. The lowest BCUT2D eigenvalue weighted by Gasteiger charge is -2.27. The monoisotopic (exact) mass is 415 g/mol. The molecule has 154 valence electrons. The summed E-state index contributed by atoms with van der Waals surface area (Å²) >= 11 is 0. The third kappa shape index (κ3) is 4.23. The number of amides is 2. The van der Waals surface area contributed by atoms with E-state index < -0.39 is 5.91 Å². The Morgan fingerprint density at radius 1 is 1.03 bits per heavy atom. The van der Waals surface area contributed by atoms with Gasteiger partial charge in [-0.2, -0.15) is 0 Å². The van der Waals surface area contributed by atoms with E-state index in [0.29, 0.717) is 29.2 Å². The van der Waals surface area contributed by atoms with E-state index in [1.54, 1.807) is 24.3 Å². The molecule has 2 saturated heterocycles. The Hall–Kier alpha value is -2.57. The molecule has 0 saturated carbocycles. The zero-order valence-corrected chi connectivity index (χ0v) is 17.2. The van der Waals surface area contributed by atoms with Gasteiger partial charge in [0, 0.05) is 31.6 Å². The predicted octanol–water partition coefficient (Wildman–Crippen LogP) is 2.35. The van der Waals surface area contributed by atoms with Gasteiger partial charge in [0.25, 0.3) is 11.8 Å². The summed E-state index contributed by atoms with van der Waals surface area (Å²) in [6, 6.07) is 17.6. The lowest BCUT2D eigenvalue weighted by molar-refractivity contribution is -0.132. The quantitative estimate of drug-likeness (QED) is 0.813. The molecule has 0 unspecified atom stereocenters. The van der Waals surface area contributed by atoms with Crippen molar-refractivity contribution in [3.05, 3.63) is 65.7 Å². The minimum absolute atomic E-state index is 0. The molecule has 6 nitrogen and oxygen atoms in total. The fourth-order valence-electron chi connectivity index (χ4n) is 4.64. The van der Waals surface area contributed by atoms with E-state index in [9.17, 15) is 9.59 Å². The number of hydrogen-bond donors (Lipinski definition) is 1. The molecule has 2 fully saturated rings. The van der Waals surface area contributed by atoms with Crippen LogP contribution in [-0.4, -0.2) is 54.9 Å². The van der Waals surface area contributed by atoms with Crippen molar-refractivity contribution < 1.29 is 14.3 Å². The number of halogens is 1.